The van der Waals surface area contributed by atoms with Gasteiger partial charge in [-0.3, -0.25) is 9.48 Å². The Bertz CT molecular complexity index is 770. The van der Waals surface area contributed by atoms with E-state index >= 15 is 0 Å². The first kappa shape index (κ1) is 19.9. The number of hydrogen-bond donors (Lipinski definition) is 1. The number of nitrogens with one attached hydrogen (secondary N) is 1. The van der Waals surface area contributed by atoms with Gasteiger partial charge >= 0.3 is 5.97 Å². The fraction of sp³-hybridized carbons (Fsp3) is 0.526. The molecule has 1 aromatic heterocycles. The van der Waals surface area contributed by atoms with Gasteiger partial charge < -0.3 is 10.1 Å². The summed E-state index contributed by atoms with van der Waals surface area (Å²) in [7, 11) is 1.29. The Morgan fingerprint density at radius 3 is 2.58 bits per heavy atom. The number of carbonyl (C=O) groups is 2. The summed E-state index contributed by atoms with van der Waals surface area (Å²) in [4.78, 5) is 24.6. The van der Waals surface area contributed by atoms with E-state index in [1.54, 1.807) is 4.68 Å². The van der Waals surface area contributed by atoms with Crippen LogP contribution < -0.4 is 5.32 Å². The molecule has 0 fully saturated rings. The zero-order chi connectivity index (χ0) is 19.3. The molecule has 2 aromatic rings. The van der Waals surface area contributed by atoms with Gasteiger partial charge in [0.05, 0.1) is 18.8 Å². The molecule has 0 radical (unpaired) electrons. The Hall–Kier alpha value is -2.44. The van der Waals surface area contributed by atoms with Gasteiger partial charge in [-0.05, 0) is 31.7 Å². The van der Waals surface area contributed by atoms with Crippen molar-refractivity contribution in [2.24, 2.45) is 5.92 Å². The van der Waals surface area contributed by atoms with Crippen LogP contribution in [0.2, 0.25) is 0 Å². The van der Waals surface area contributed by atoms with Crippen LogP contribution in [0.4, 0.5) is 4.39 Å². The Kier molecular flexibility index (Phi) is 6.71. The maximum absolute atomic E-state index is 13.0. The molecule has 0 saturated heterocycles. The van der Waals surface area contributed by atoms with Crippen LogP contribution >= 0.6 is 0 Å². The molecule has 0 spiro atoms. The number of amides is 1. The third-order valence-corrected chi connectivity index (χ3v) is 4.25. The number of nitrogens with zero attached hydrogens (tertiary/aromatic N) is 2. The van der Waals surface area contributed by atoms with Crippen molar-refractivity contribution in [1.29, 1.82) is 0 Å². The number of methoxy groups -OCH3 is 1. The summed E-state index contributed by atoms with van der Waals surface area (Å²) < 4.78 is 19.5. The van der Waals surface area contributed by atoms with Crippen molar-refractivity contribution in [3.05, 3.63) is 30.0 Å². The number of carbonyl (C=O) groups excluding carboxylic acids is 2. The van der Waals surface area contributed by atoms with Gasteiger partial charge in [-0.25, -0.2) is 9.18 Å². The van der Waals surface area contributed by atoms with Gasteiger partial charge in [-0.1, -0.05) is 32.0 Å². The molecule has 142 valence electrons. The molecule has 0 aliphatic rings. The summed E-state index contributed by atoms with van der Waals surface area (Å²) in [6, 6.07) is 6.64. The third kappa shape index (κ3) is 4.59. The second-order valence-corrected chi connectivity index (χ2v) is 6.73. The second-order valence-electron chi connectivity index (χ2n) is 6.73. The molecule has 0 bridgehead atoms. The van der Waals surface area contributed by atoms with Crippen LogP contribution in [0, 0.1) is 5.92 Å². The van der Waals surface area contributed by atoms with Crippen molar-refractivity contribution < 1.29 is 18.7 Å². The maximum atomic E-state index is 13.0. The van der Waals surface area contributed by atoms with Crippen LogP contribution in [-0.4, -0.2) is 41.0 Å². The van der Waals surface area contributed by atoms with E-state index in [4.69, 9.17) is 4.74 Å². The minimum absolute atomic E-state index is 0.120. The fourth-order valence-electron chi connectivity index (χ4n) is 2.82. The highest BCUT2D eigenvalue weighted by atomic mass is 19.1. The molecule has 2 atom stereocenters. The van der Waals surface area contributed by atoms with Gasteiger partial charge in [-0.15, -0.1) is 0 Å². The summed E-state index contributed by atoms with van der Waals surface area (Å²) in [5.74, 6) is -1.04. The van der Waals surface area contributed by atoms with Crippen molar-refractivity contribution >= 4 is 22.8 Å². The van der Waals surface area contributed by atoms with Crippen molar-refractivity contribution in [3.63, 3.8) is 0 Å². The van der Waals surface area contributed by atoms with Gasteiger partial charge in [0.25, 0.3) is 5.91 Å². The van der Waals surface area contributed by atoms with Gasteiger partial charge in [0, 0.05) is 11.9 Å². The maximum Gasteiger partial charge on any atom is 0.328 e. The lowest BCUT2D eigenvalue weighted by molar-refractivity contribution is -0.144. The highest BCUT2D eigenvalue weighted by molar-refractivity contribution is 6.06. The molecule has 0 aliphatic carbocycles. The summed E-state index contributed by atoms with van der Waals surface area (Å²) in [5, 5.41) is 7.83. The number of aryl methyl sites for hydroxylation is 1. The second kappa shape index (κ2) is 8.78. The molecule has 0 saturated carbocycles. The van der Waals surface area contributed by atoms with Crippen LogP contribution in [0.3, 0.4) is 0 Å². The first-order valence-corrected chi connectivity index (χ1v) is 8.83. The van der Waals surface area contributed by atoms with E-state index in [1.807, 2.05) is 38.1 Å². The molecule has 1 heterocycles. The van der Waals surface area contributed by atoms with Crippen molar-refractivity contribution in [3.8, 4) is 0 Å². The first-order valence-electron chi connectivity index (χ1n) is 8.83. The van der Waals surface area contributed by atoms with Crippen molar-refractivity contribution in [2.75, 3.05) is 7.11 Å². The van der Waals surface area contributed by atoms with E-state index in [-0.39, 0.29) is 11.6 Å². The molecule has 1 aromatic carbocycles. The van der Waals surface area contributed by atoms with Crippen LogP contribution in [0.15, 0.2) is 24.3 Å². The Morgan fingerprint density at radius 1 is 1.27 bits per heavy atom. The molecule has 2 unspecified atom stereocenters. The predicted molar refractivity (Wildman–Crippen MR) is 97.6 cm³/mol. The Balaban J connectivity index is 2.28. The van der Waals surface area contributed by atoms with Crippen LogP contribution in [-0.2, 0) is 16.1 Å². The van der Waals surface area contributed by atoms with E-state index in [0.29, 0.717) is 24.8 Å². The normalized spacial score (nSPS) is 13.6. The largest absolute Gasteiger partial charge is 0.467 e. The summed E-state index contributed by atoms with van der Waals surface area (Å²) in [6.07, 6.45) is 0.195. The van der Waals surface area contributed by atoms with E-state index in [0.717, 1.165) is 5.52 Å². The number of alkyl halides is 1. The molecule has 0 aliphatic heterocycles. The average Bonchev–Trinajstić information content (AvgIpc) is 2.97. The van der Waals surface area contributed by atoms with Gasteiger partial charge in [0.2, 0.25) is 0 Å². The van der Waals surface area contributed by atoms with Crippen molar-refractivity contribution in [1.82, 2.24) is 15.1 Å². The van der Waals surface area contributed by atoms with Gasteiger partial charge in [0.15, 0.2) is 5.69 Å². The molecule has 26 heavy (non-hydrogen) atoms. The number of benzene rings is 1. The third-order valence-electron chi connectivity index (χ3n) is 4.25. The molecule has 6 nitrogen and oxygen atoms in total. The molecular formula is C19H26FN3O3. The van der Waals surface area contributed by atoms with Gasteiger partial charge in [-0.2, -0.15) is 5.10 Å². The van der Waals surface area contributed by atoms with E-state index in [2.05, 4.69) is 10.4 Å². The zero-order valence-corrected chi connectivity index (χ0v) is 15.7. The summed E-state index contributed by atoms with van der Waals surface area (Å²) in [5.41, 5.74) is 1.06. The number of para-hydroxylation sites is 1. The zero-order valence-electron chi connectivity index (χ0n) is 15.7. The topological polar surface area (TPSA) is 73.2 Å². The number of rotatable bonds is 8. The van der Waals surface area contributed by atoms with E-state index in [1.165, 1.54) is 14.0 Å². The van der Waals surface area contributed by atoms with Crippen LogP contribution in [0.25, 0.3) is 10.9 Å². The summed E-state index contributed by atoms with van der Waals surface area (Å²) in [6.45, 7) is 5.71. The SMILES string of the molecule is COC(=O)C(NC(=O)c1nn(CCCC(C)F)c2ccccc12)C(C)C. The molecule has 2 rings (SSSR count). The number of aromatic nitrogens is 2. The standard InChI is InChI=1S/C19H26FN3O3/c1-12(2)16(19(25)26-4)21-18(24)17-14-9-5-6-10-15(14)23(22-17)11-7-8-13(3)20/h5-6,9-10,12-13,16H,7-8,11H2,1-4H3,(H,21,24). The molecule has 7 heteroatoms. The average molecular weight is 363 g/mol. The lowest BCUT2D eigenvalue weighted by Gasteiger charge is -2.19. The molecule has 1 amide bonds. The Morgan fingerprint density at radius 2 is 1.96 bits per heavy atom. The molecular weight excluding hydrogens is 337 g/mol. The van der Waals surface area contributed by atoms with Crippen molar-refractivity contribution in [2.45, 2.75) is 52.4 Å². The quantitative estimate of drug-likeness (QED) is 0.732. The minimum atomic E-state index is -0.869. The number of ether oxygens (including phenoxy) is 1. The number of esters is 1. The number of hydrogen-bond acceptors (Lipinski definition) is 4. The smallest absolute Gasteiger partial charge is 0.328 e. The summed E-state index contributed by atoms with van der Waals surface area (Å²) >= 11 is 0. The lowest BCUT2D eigenvalue weighted by Crippen LogP contribution is -2.45. The monoisotopic (exact) mass is 363 g/mol. The van der Waals surface area contributed by atoms with E-state index in [9.17, 15) is 14.0 Å². The molecule has 1 N–H and O–H groups in total. The van der Waals surface area contributed by atoms with Crippen LogP contribution in [0.1, 0.15) is 44.1 Å². The lowest BCUT2D eigenvalue weighted by atomic mass is 10.0. The Labute approximate surface area is 152 Å². The highest BCUT2D eigenvalue weighted by Gasteiger charge is 2.27. The first-order chi connectivity index (χ1) is 12.3. The van der Waals surface area contributed by atoms with E-state index < -0.39 is 24.1 Å². The fourth-order valence-corrected chi connectivity index (χ4v) is 2.82. The highest BCUT2D eigenvalue weighted by Crippen LogP contribution is 2.20. The van der Waals surface area contributed by atoms with Gasteiger partial charge in [0.1, 0.15) is 6.04 Å². The predicted octanol–water partition coefficient (Wildman–Crippen LogP) is 3.10. The minimum Gasteiger partial charge on any atom is -0.467 e. The van der Waals surface area contributed by atoms with Crippen LogP contribution in [0.5, 0.6) is 0 Å². The number of halogens is 1. The number of fused-ring (bicyclic) bond motifs is 1.